The highest BCUT2D eigenvalue weighted by molar-refractivity contribution is 5.90. The summed E-state index contributed by atoms with van der Waals surface area (Å²) in [7, 11) is 0. The van der Waals surface area contributed by atoms with Gasteiger partial charge in [-0.05, 0) is 23.0 Å². The van der Waals surface area contributed by atoms with Crippen LogP contribution in [0.5, 0.6) is 5.75 Å². The van der Waals surface area contributed by atoms with Crippen LogP contribution in [0.4, 0.5) is 0 Å². The van der Waals surface area contributed by atoms with Crippen molar-refractivity contribution < 1.29 is 9.53 Å². The van der Waals surface area contributed by atoms with E-state index in [4.69, 9.17) is 4.74 Å². The van der Waals surface area contributed by atoms with Crippen LogP contribution in [-0.4, -0.2) is 5.97 Å². The molecule has 0 amide bonds. The van der Waals surface area contributed by atoms with Gasteiger partial charge in [0.2, 0.25) is 0 Å². The Balaban J connectivity index is 2.19. The van der Waals surface area contributed by atoms with Crippen molar-refractivity contribution in [3.05, 3.63) is 64.7 Å². The SMILES string of the molecule is CCCc1cc2c(c(C(C)(C)C)c1)OC(=O)C2c1ccccc1. The zero-order valence-electron chi connectivity index (χ0n) is 14.3. The minimum absolute atomic E-state index is 0.0559. The van der Waals surface area contributed by atoms with Gasteiger partial charge in [-0.1, -0.05) is 76.6 Å². The normalized spacial score (nSPS) is 17.0. The minimum atomic E-state index is -0.302. The highest BCUT2D eigenvalue weighted by Gasteiger charge is 2.38. The van der Waals surface area contributed by atoms with Gasteiger partial charge in [-0.15, -0.1) is 0 Å². The van der Waals surface area contributed by atoms with Crippen molar-refractivity contribution in [2.45, 2.75) is 51.9 Å². The van der Waals surface area contributed by atoms with Gasteiger partial charge in [-0.2, -0.15) is 0 Å². The number of carbonyl (C=O) groups excluding carboxylic acids is 1. The lowest BCUT2D eigenvalue weighted by molar-refractivity contribution is -0.133. The van der Waals surface area contributed by atoms with E-state index in [1.54, 1.807) is 0 Å². The largest absolute Gasteiger partial charge is 0.425 e. The first-order valence-corrected chi connectivity index (χ1v) is 8.35. The van der Waals surface area contributed by atoms with E-state index in [-0.39, 0.29) is 17.3 Å². The summed E-state index contributed by atoms with van der Waals surface area (Å²) in [5.41, 5.74) is 4.39. The zero-order chi connectivity index (χ0) is 16.6. The van der Waals surface area contributed by atoms with E-state index >= 15 is 0 Å². The average molecular weight is 308 g/mol. The Bertz CT molecular complexity index is 723. The third kappa shape index (κ3) is 2.90. The van der Waals surface area contributed by atoms with Crippen LogP contribution in [0.15, 0.2) is 42.5 Å². The summed E-state index contributed by atoms with van der Waals surface area (Å²) in [6.07, 6.45) is 2.11. The van der Waals surface area contributed by atoms with Crippen LogP contribution in [0.2, 0.25) is 0 Å². The van der Waals surface area contributed by atoms with Crippen molar-refractivity contribution in [3.8, 4) is 5.75 Å². The van der Waals surface area contributed by atoms with Crippen LogP contribution in [0, 0.1) is 0 Å². The Hall–Kier alpha value is -2.09. The number of ether oxygens (including phenoxy) is 1. The van der Waals surface area contributed by atoms with Crippen LogP contribution < -0.4 is 4.74 Å². The molecule has 1 atom stereocenters. The summed E-state index contributed by atoms with van der Waals surface area (Å²) in [6, 6.07) is 14.3. The van der Waals surface area contributed by atoms with Crippen LogP contribution in [0.1, 0.15) is 62.3 Å². The molecule has 0 spiro atoms. The van der Waals surface area contributed by atoms with Crippen molar-refractivity contribution >= 4 is 5.97 Å². The van der Waals surface area contributed by atoms with Crippen molar-refractivity contribution in [1.29, 1.82) is 0 Å². The molecule has 23 heavy (non-hydrogen) atoms. The Labute approximate surface area is 138 Å². The molecule has 1 heterocycles. The molecule has 2 aromatic carbocycles. The maximum absolute atomic E-state index is 12.6. The van der Waals surface area contributed by atoms with Gasteiger partial charge in [0.25, 0.3) is 0 Å². The summed E-state index contributed by atoms with van der Waals surface area (Å²) < 4.78 is 5.73. The zero-order valence-corrected chi connectivity index (χ0v) is 14.3. The molecule has 0 fully saturated rings. The Morgan fingerprint density at radius 1 is 1.09 bits per heavy atom. The molecule has 0 N–H and O–H groups in total. The molecular weight excluding hydrogens is 284 g/mol. The van der Waals surface area contributed by atoms with Crippen molar-refractivity contribution in [1.82, 2.24) is 0 Å². The molecular formula is C21H24O2. The van der Waals surface area contributed by atoms with Crippen LogP contribution in [0.3, 0.4) is 0 Å². The van der Waals surface area contributed by atoms with E-state index in [2.05, 4.69) is 39.8 Å². The van der Waals surface area contributed by atoms with Gasteiger partial charge >= 0.3 is 5.97 Å². The molecule has 3 rings (SSSR count). The molecule has 120 valence electrons. The molecule has 0 radical (unpaired) electrons. The molecule has 0 saturated carbocycles. The third-order valence-electron chi connectivity index (χ3n) is 4.41. The molecule has 2 heteroatoms. The summed E-state index contributed by atoms with van der Waals surface area (Å²) in [4.78, 5) is 12.6. The summed E-state index contributed by atoms with van der Waals surface area (Å²) in [5.74, 6) is 0.311. The molecule has 1 aliphatic heterocycles. The number of hydrogen-bond donors (Lipinski definition) is 0. The van der Waals surface area contributed by atoms with E-state index in [1.165, 1.54) is 5.56 Å². The van der Waals surface area contributed by atoms with Gasteiger partial charge in [-0.3, -0.25) is 4.79 Å². The molecule has 0 bridgehead atoms. The van der Waals surface area contributed by atoms with Crippen molar-refractivity contribution in [3.63, 3.8) is 0 Å². The maximum atomic E-state index is 12.6. The predicted octanol–water partition coefficient (Wildman–Crippen LogP) is 4.99. The van der Waals surface area contributed by atoms with Gasteiger partial charge in [-0.25, -0.2) is 0 Å². The first-order chi connectivity index (χ1) is 10.9. The van der Waals surface area contributed by atoms with Crippen LogP contribution in [-0.2, 0) is 16.6 Å². The topological polar surface area (TPSA) is 26.3 Å². The fourth-order valence-corrected chi connectivity index (χ4v) is 3.28. The first kappa shape index (κ1) is 15.8. The molecule has 0 saturated heterocycles. The molecule has 2 aromatic rings. The fourth-order valence-electron chi connectivity index (χ4n) is 3.28. The van der Waals surface area contributed by atoms with Gasteiger partial charge in [0.1, 0.15) is 11.7 Å². The lowest BCUT2D eigenvalue weighted by Gasteiger charge is -2.23. The molecule has 0 aromatic heterocycles. The summed E-state index contributed by atoms with van der Waals surface area (Å²) in [6.45, 7) is 8.69. The first-order valence-electron chi connectivity index (χ1n) is 8.35. The Kier molecular flexibility index (Phi) is 4.01. The van der Waals surface area contributed by atoms with Crippen molar-refractivity contribution in [2.24, 2.45) is 0 Å². The Morgan fingerprint density at radius 3 is 2.39 bits per heavy atom. The van der Waals surface area contributed by atoms with Gasteiger partial charge in [0.05, 0.1) is 0 Å². The second-order valence-corrected chi connectivity index (χ2v) is 7.33. The lowest BCUT2D eigenvalue weighted by Crippen LogP contribution is -2.14. The third-order valence-corrected chi connectivity index (χ3v) is 4.41. The second kappa shape index (κ2) is 5.84. The van der Waals surface area contributed by atoms with Crippen LogP contribution in [0.25, 0.3) is 0 Å². The van der Waals surface area contributed by atoms with Gasteiger partial charge < -0.3 is 4.74 Å². The monoisotopic (exact) mass is 308 g/mol. The second-order valence-electron chi connectivity index (χ2n) is 7.33. The molecule has 2 nitrogen and oxygen atoms in total. The molecule has 0 aliphatic carbocycles. The number of esters is 1. The number of hydrogen-bond acceptors (Lipinski definition) is 2. The highest BCUT2D eigenvalue weighted by Crippen LogP contribution is 2.45. The van der Waals surface area contributed by atoms with Gasteiger partial charge in [0, 0.05) is 11.1 Å². The van der Waals surface area contributed by atoms with E-state index < -0.39 is 0 Å². The van der Waals surface area contributed by atoms with E-state index in [0.717, 1.165) is 35.3 Å². The van der Waals surface area contributed by atoms with E-state index in [1.807, 2.05) is 30.3 Å². The minimum Gasteiger partial charge on any atom is -0.425 e. The molecule has 1 aliphatic rings. The number of fused-ring (bicyclic) bond motifs is 1. The quantitative estimate of drug-likeness (QED) is 0.590. The smallest absolute Gasteiger partial charge is 0.323 e. The summed E-state index contributed by atoms with van der Waals surface area (Å²) in [5, 5.41) is 0. The van der Waals surface area contributed by atoms with Crippen molar-refractivity contribution in [2.75, 3.05) is 0 Å². The summed E-state index contributed by atoms with van der Waals surface area (Å²) >= 11 is 0. The van der Waals surface area contributed by atoms with E-state index in [9.17, 15) is 4.79 Å². The average Bonchev–Trinajstić information content (AvgIpc) is 2.82. The lowest BCUT2D eigenvalue weighted by atomic mass is 9.81. The number of benzene rings is 2. The maximum Gasteiger partial charge on any atom is 0.323 e. The Morgan fingerprint density at radius 2 is 1.78 bits per heavy atom. The predicted molar refractivity (Wildman–Crippen MR) is 93.1 cm³/mol. The fraction of sp³-hybridized carbons (Fsp3) is 0.381. The van der Waals surface area contributed by atoms with Crippen LogP contribution >= 0.6 is 0 Å². The highest BCUT2D eigenvalue weighted by atomic mass is 16.5. The number of rotatable bonds is 3. The molecule has 1 unspecified atom stereocenters. The standard InChI is InChI=1S/C21H24O2/c1-5-9-14-12-16-18(15-10-7-6-8-11-15)20(22)23-19(16)17(13-14)21(2,3)4/h6-8,10-13,18H,5,9H2,1-4H3. The number of aryl methyl sites for hydroxylation is 1. The van der Waals surface area contributed by atoms with E-state index in [0.29, 0.717) is 0 Å². The van der Waals surface area contributed by atoms with Gasteiger partial charge in [0.15, 0.2) is 0 Å². The number of carbonyl (C=O) groups is 1.